The molecule has 0 bridgehead atoms. The van der Waals surface area contributed by atoms with Gasteiger partial charge in [0, 0.05) is 29.6 Å². The van der Waals surface area contributed by atoms with E-state index in [1.807, 2.05) is 18.2 Å². The Morgan fingerprint density at radius 2 is 1.84 bits per heavy atom. The third-order valence-corrected chi connectivity index (χ3v) is 7.00. The van der Waals surface area contributed by atoms with Gasteiger partial charge in [-0.3, -0.25) is 14.4 Å². The van der Waals surface area contributed by atoms with Crippen molar-refractivity contribution in [1.29, 1.82) is 0 Å². The fourth-order valence-electron chi connectivity index (χ4n) is 4.64. The third-order valence-electron chi connectivity index (χ3n) is 7.00. The van der Waals surface area contributed by atoms with Crippen molar-refractivity contribution in [2.24, 2.45) is 5.41 Å². The minimum atomic E-state index is -1.71. The van der Waals surface area contributed by atoms with Gasteiger partial charge in [-0.25, -0.2) is 0 Å². The van der Waals surface area contributed by atoms with Gasteiger partial charge in [0.2, 0.25) is 5.91 Å². The van der Waals surface area contributed by atoms with Crippen LogP contribution in [0, 0.1) is 12.3 Å². The number of likely N-dealkylation sites (tertiary alicyclic amines) is 1. The van der Waals surface area contributed by atoms with Crippen LogP contribution < -0.4 is 10.6 Å². The van der Waals surface area contributed by atoms with Crippen molar-refractivity contribution in [3.05, 3.63) is 77.9 Å². The smallest absolute Gasteiger partial charge is 0.254 e. The number of aromatic hydroxyl groups is 1. The highest BCUT2D eigenvalue weighted by atomic mass is 16.3. The molecular weight excluding hydrogens is 474 g/mol. The summed E-state index contributed by atoms with van der Waals surface area (Å²) in [5.41, 5.74) is 0.367. The molecule has 1 aliphatic heterocycles. The Hall–Kier alpha value is -3.69. The van der Waals surface area contributed by atoms with Gasteiger partial charge in [-0.1, -0.05) is 56.3 Å². The normalized spacial score (nSPS) is 20.1. The highest BCUT2D eigenvalue weighted by Crippen LogP contribution is 2.37. The number of hydrogen-bond donors (Lipinski definition) is 5. The second kappa shape index (κ2) is 11.6. The minimum absolute atomic E-state index is 0.0504. The van der Waals surface area contributed by atoms with E-state index in [4.69, 9.17) is 0 Å². The molecule has 2 aromatic carbocycles. The summed E-state index contributed by atoms with van der Waals surface area (Å²) in [6, 6.07) is 11.5. The van der Waals surface area contributed by atoms with Gasteiger partial charge < -0.3 is 30.9 Å². The maximum absolute atomic E-state index is 13.6. The molecule has 1 heterocycles. The van der Waals surface area contributed by atoms with Crippen molar-refractivity contribution in [3.63, 3.8) is 0 Å². The summed E-state index contributed by atoms with van der Waals surface area (Å²) in [5, 5.41) is 37.4. The standard InChI is InChI=1S/C28H35N3O6/c1-5-14-29-26(36)24-28(3,4)22(33)16-31(24)27(37)23(34)20(15-18-10-7-6-8-11-18)30-25(35)19-12-9-13-21(32)17(19)2/h5-13,20,22-24,32-34H,1,14-16H2,2-4H3,(H,29,36)(H,30,35)/t20-,22+,23-,24+/m0/s1. The molecule has 1 fully saturated rings. The van der Waals surface area contributed by atoms with E-state index in [-0.39, 0.29) is 30.8 Å². The summed E-state index contributed by atoms with van der Waals surface area (Å²) in [6.07, 6.45) is -1.07. The van der Waals surface area contributed by atoms with Gasteiger partial charge in [0.1, 0.15) is 11.8 Å². The number of aliphatic hydroxyl groups is 2. The van der Waals surface area contributed by atoms with Crippen LogP contribution in [0.4, 0.5) is 0 Å². The molecule has 1 aliphatic rings. The molecule has 0 spiro atoms. The zero-order valence-electron chi connectivity index (χ0n) is 21.3. The number of nitrogens with one attached hydrogen (secondary N) is 2. The topological polar surface area (TPSA) is 139 Å². The van der Waals surface area contributed by atoms with Crippen LogP contribution in [-0.4, -0.2) is 75.3 Å². The summed E-state index contributed by atoms with van der Waals surface area (Å²) in [6.45, 7) is 8.58. The summed E-state index contributed by atoms with van der Waals surface area (Å²) in [4.78, 5) is 40.9. The summed E-state index contributed by atoms with van der Waals surface area (Å²) < 4.78 is 0. The predicted molar refractivity (Wildman–Crippen MR) is 139 cm³/mol. The molecule has 37 heavy (non-hydrogen) atoms. The van der Waals surface area contributed by atoms with Crippen molar-refractivity contribution in [2.75, 3.05) is 13.1 Å². The molecule has 9 heteroatoms. The average molecular weight is 510 g/mol. The van der Waals surface area contributed by atoms with E-state index < -0.39 is 47.4 Å². The van der Waals surface area contributed by atoms with E-state index in [2.05, 4.69) is 17.2 Å². The molecule has 2 aromatic rings. The molecule has 0 unspecified atom stereocenters. The van der Waals surface area contributed by atoms with E-state index in [9.17, 15) is 29.7 Å². The number of hydrogen-bond acceptors (Lipinski definition) is 6. The van der Waals surface area contributed by atoms with Crippen molar-refractivity contribution in [2.45, 2.75) is 51.5 Å². The largest absolute Gasteiger partial charge is 0.508 e. The molecule has 0 aliphatic carbocycles. The van der Waals surface area contributed by atoms with Gasteiger partial charge in [-0.05, 0) is 31.0 Å². The SMILES string of the molecule is C=CCNC(=O)[C@H]1N(C(=O)[C@@H](O)[C@H](Cc2ccccc2)NC(=O)c2cccc(O)c2C)C[C@@H](O)C1(C)C. The number of β-amino-alcohol motifs (C(OH)–C–C–N with tert-alkyl or cyclic N) is 1. The van der Waals surface area contributed by atoms with E-state index in [1.165, 1.54) is 29.2 Å². The first-order chi connectivity index (χ1) is 17.5. The number of nitrogens with zero attached hydrogens (tertiary/aromatic N) is 1. The number of carbonyl (C=O) groups is 3. The fourth-order valence-corrected chi connectivity index (χ4v) is 4.64. The molecule has 0 saturated carbocycles. The molecule has 1 saturated heterocycles. The lowest BCUT2D eigenvalue weighted by Gasteiger charge is -2.34. The zero-order valence-corrected chi connectivity index (χ0v) is 21.3. The van der Waals surface area contributed by atoms with Crippen LogP contribution in [-0.2, 0) is 16.0 Å². The number of benzene rings is 2. The highest BCUT2D eigenvalue weighted by Gasteiger charge is 2.54. The van der Waals surface area contributed by atoms with Crippen LogP contribution in [0.5, 0.6) is 5.75 Å². The van der Waals surface area contributed by atoms with E-state index >= 15 is 0 Å². The van der Waals surface area contributed by atoms with Crippen molar-refractivity contribution in [1.82, 2.24) is 15.5 Å². The molecule has 3 rings (SSSR count). The lowest BCUT2D eigenvalue weighted by Crippen LogP contribution is -2.57. The lowest BCUT2D eigenvalue weighted by atomic mass is 9.82. The quantitative estimate of drug-likeness (QED) is 0.323. The first kappa shape index (κ1) is 27.9. The van der Waals surface area contributed by atoms with Crippen LogP contribution in [0.1, 0.15) is 35.3 Å². The Morgan fingerprint density at radius 3 is 2.49 bits per heavy atom. The number of phenolic OH excluding ortho intramolecular Hbond substituents is 1. The first-order valence-electron chi connectivity index (χ1n) is 12.2. The summed E-state index contributed by atoms with van der Waals surface area (Å²) in [5.74, 6) is -1.87. The molecule has 5 N–H and O–H groups in total. The maximum atomic E-state index is 13.6. The highest BCUT2D eigenvalue weighted by molar-refractivity contribution is 5.97. The second-order valence-corrected chi connectivity index (χ2v) is 9.93. The molecule has 4 atom stereocenters. The first-order valence-corrected chi connectivity index (χ1v) is 12.2. The minimum Gasteiger partial charge on any atom is -0.508 e. The van der Waals surface area contributed by atoms with Gasteiger partial charge in [-0.15, -0.1) is 6.58 Å². The Balaban J connectivity index is 1.91. The van der Waals surface area contributed by atoms with E-state index in [0.29, 0.717) is 5.56 Å². The van der Waals surface area contributed by atoms with Crippen molar-refractivity contribution >= 4 is 17.7 Å². The molecule has 0 radical (unpaired) electrons. The fraction of sp³-hybridized carbons (Fsp3) is 0.393. The maximum Gasteiger partial charge on any atom is 0.254 e. The zero-order chi connectivity index (χ0) is 27.3. The van der Waals surface area contributed by atoms with Gasteiger partial charge in [0.05, 0.1) is 12.1 Å². The van der Waals surface area contributed by atoms with Gasteiger partial charge in [0.15, 0.2) is 6.10 Å². The van der Waals surface area contributed by atoms with Crippen molar-refractivity contribution in [3.8, 4) is 5.75 Å². The Labute approximate surface area is 216 Å². The number of carbonyl (C=O) groups excluding carboxylic acids is 3. The van der Waals surface area contributed by atoms with Crippen LogP contribution >= 0.6 is 0 Å². The van der Waals surface area contributed by atoms with Crippen LogP contribution in [0.25, 0.3) is 0 Å². The average Bonchev–Trinajstić information content (AvgIpc) is 3.11. The Bertz CT molecular complexity index is 1150. The number of amides is 3. The van der Waals surface area contributed by atoms with E-state index in [1.54, 1.807) is 32.9 Å². The second-order valence-electron chi connectivity index (χ2n) is 9.93. The summed E-state index contributed by atoms with van der Waals surface area (Å²) >= 11 is 0. The van der Waals surface area contributed by atoms with Crippen LogP contribution in [0.3, 0.4) is 0 Å². The van der Waals surface area contributed by atoms with Gasteiger partial charge in [-0.2, -0.15) is 0 Å². The molecule has 0 aromatic heterocycles. The molecule has 198 valence electrons. The molecule has 9 nitrogen and oxygen atoms in total. The van der Waals surface area contributed by atoms with Gasteiger partial charge >= 0.3 is 0 Å². The molecule has 3 amide bonds. The number of aliphatic hydroxyl groups excluding tert-OH is 2. The lowest BCUT2D eigenvalue weighted by molar-refractivity contribution is -0.148. The van der Waals surface area contributed by atoms with Crippen molar-refractivity contribution < 1.29 is 29.7 Å². The predicted octanol–water partition coefficient (Wildman–Crippen LogP) is 1.30. The number of phenols is 1. The molecular formula is C28H35N3O6. The van der Waals surface area contributed by atoms with E-state index in [0.717, 1.165) is 5.56 Å². The van der Waals surface area contributed by atoms with Crippen LogP contribution in [0.15, 0.2) is 61.2 Å². The Morgan fingerprint density at radius 1 is 1.16 bits per heavy atom. The van der Waals surface area contributed by atoms with Gasteiger partial charge in [0.25, 0.3) is 11.8 Å². The number of rotatable bonds is 9. The third kappa shape index (κ3) is 6.00. The summed E-state index contributed by atoms with van der Waals surface area (Å²) in [7, 11) is 0. The van der Waals surface area contributed by atoms with Crippen LogP contribution in [0.2, 0.25) is 0 Å². The Kier molecular flexibility index (Phi) is 8.73. The monoisotopic (exact) mass is 509 g/mol.